The van der Waals surface area contributed by atoms with Crippen LogP contribution >= 0.6 is 0 Å². The van der Waals surface area contributed by atoms with Gasteiger partial charge in [-0.05, 0) is 30.2 Å². The van der Waals surface area contributed by atoms with Crippen LogP contribution in [0.2, 0.25) is 0 Å². The predicted octanol–water partition coefficient (Wildman–Crippen LogP) is 1.93. The first-order valence-electron chi connectivity index (χ1n) is 5.33. The first-order chi connectivity index (χ1) is 7.65. The molecule has 1 atom stereocenters. The summed E-state index contributed by atoms with van der Waals surface area (Å²) in [5.41, 5.74) is 1.36. The van der Waals surface area contributed by atoms with Crippen molar-refractivity contribution in [3.63, 3.8) is 0 Å². The van der Waals surface area contributed by atoms with Gasteiger partial charge in [0.1, 0.15) is 5.82 Å². The topological polar surface area (TPSA) is 38.7 Å². The van der Waals surface area contributed by atoms with Crippen molar-refractivity contribution < 1.29 is 19.0 Å². The maximum atomic E-state index is 13.1. The van der Waals surface area contributed by atoms with Gasteiger partial charge in [0, 0.05) is 6.42 Å². The molecule has 4 heteroatoms. The van der Waals surface area contributed by atoms with Gasteiger partial charge in [-0.2, -0.15) is 0 Å². The Morgan fingerprint density at radius 1 is 1.38 bits per heavy atom. The van der Waals surface area contributed by atoms with Crippen molar-refractivity contribution in [2.45, 2.75) is 25.7 Å². The van der Waals surface area contributed by atoms with E-state index in [0.717, 1.165) is 5.56 Å². The van der Waals surface area contributed by atoms with E-state index in [0.29, 0.717) is 25.2 Å². The molecule has 1 N–H and O–H groups in total. The van der Waals surface area contributed by atoms with Gasteiger partial charge >= 0.3 is 0 Å². The number of aliphatic hydroxyl groups is 1. The second-order valence-corrected chi connectivity index (χ2v) is 3.98. The first-order valence-corrected chi connectivity index (χ1v) is 5.33. The molecule has 1 fully saturated rings. The van der Waals surface area contributed by atoms with Crippen molar-refractivity contribution in [2.24, 2.45) is 0 Å². The molecule has 2 rings (SSSR count). The zero-order valence-corrected chi connectivity index (χ0v) is 9.15. The number of aryl methyl sites for hydroxylation is 1. The Bertz CT molecular complexity index is 341. The largest absolute Gasteiger partial charge is 0.388 e. The van der Waals surface area contributed by atoms with Crippen molar-refractivity contribution in [1.82, 2.24) is 0 Å². The minimum absolute atomic E-state index is 0.331. The van der Waals surface area contributed by atoms with E-state index in [1.807, 2.05) is 0 Å². The van der Waals surface area contributed by atoms with Crippen LogP contribution in [0.25, 0.3) is 0 Å². The lowest BCUT2D eigenvalue weighted by atomic mass is 10.0. The fourth-order valence-corrected chi connectivity index (χ4v) is 1.82. The highest BCUT2D eigenvalue weighted by Gasteiger charge is 2.21. The summed E-state index contributed by atoms with van der Waals surface area (Å²) in [5.74, 6) is -0.331. The molecule has 1 aromatic carbocycles. The molecule has 0 aromatic heterocycles. The SMILES string of the molecule is Cc1cc(F)cc(C(O)CC2OCCO2)c1. The molecule has 88 valence electrons. The molecule has 16 heavy (non-hydrogen) atoms. The molecule has 1 heterocycles. The Morgan fingerprint density at radius 2 is 2.06 bits per heavy atom. The lowest BCUT2D eigenvalue weighted by Crippen LogP contribution is -2.13. The molecule has 0 spiro atoms. The normalized spacial score (nSPS) is 18.9. The van der Waals surface area contributed by atoms with E-state index < -0.39 is 6.10 Å². The average molecular weight is 226 g/mol. The minimum atomic E-state index is -0.752. The maximum Gasteiger partial charge on any atom is 0.160 e. The van der Waals surface area contributed by atoms with E-state index in [1.165, 1.54) is 12.1 Å². The van der Waals surface area contributed by atoms with Gasteiger partial charge in [0.05, 0.1) is 19.3 Å². The van der Waals surface area contributed by atoms with Crippen molar-refractivity contribution in [3.05, 3.63) is 35.1 Å². The highest BCUT2D eigenvalue weighted by atomic mass is 19.1. The van der Waals surface area contributed by atoms with E-state index in [-0.39, 0.29) is 12.1 Å². The predicted molar refractivity (Wildman–Crippen MR) is 56.4 cm³/mol. The fourth-order valence-electron chi connectivity index (χ4n) is 1.82. The number of hydrogen-bond donors (Lipinski definition) is 1. The number of halogens is 1. The summed E-state index contributed by atoms with van der Waals surface area (Å²) < 4.78 is 23.6. The smallest absolute Gasteiger partial charge is 0.160 e. The van der Waals surface area contributed by atoms with E-state index in [2.05, 4.69) is 0 Å². The summed E-state index contributed by atoms with van der Waals surface area (Å²) in [5, 5.41) is 9.90. The van der Waals surface area contributed by atoms with E-state index >= 15 is 0 Å². The second-order valence-electron chi connectivity index (χ2n) is 3.98. The molecule has 3 nitrogen and oxygen atoms in total. The van der Waals surface area contributed by atoms with Gasteiger partial charge in [-0.25, -0.2) is 4.39 Å². The molecule has 1 saturated heterocycles. The van der Waals surface area contributed by atoms with Crippen LogP contribution in [-0.2, 0) is 9.47 Å². The van der Waals surface area contributed by atoms with Crippen LogP contribution in [0.4, 0.5) is 4.39 Å². The van der Waals surface area contributed by atoms with Gasteiger partial charge in [0.15, 0.2) is 6.29 Å². The number of benzene rings is 1. The van der Waals surface area contributed by atoms with Gasteiger partial charge in [-0.3, -0.25) is 0 Å². The fraction of sp³-hybridized carbons (Fsp3) is 0.500. The lowest BCUT2D eigenvalue weighted by molar-refractivity contribution is -0.0708. The van der Waals surface area contributed by atoms with Crippen LogP contribution in [0.1, 0.15) is 23.7 Å². The van der Waals surface area contributed by atoms with Crippen molar-refractivity contribution in [1.29, 1.82) is 0 Å². The molecular weight excluding hydrogens is 211 g/mol. The Labute approximate surface area is 93.8 Å². The average Bonchev–Trinajstić information content (AvgIpc) is 2.68. The summed E-state index contributed by atoms with van der Waals surface area (Å²) in [6, 6.07) is 4.54. The zero-order chi connectivity index (χ0) is 11.5. The molecule has 1 aromatic rings. The van der Waals surface area contributed by atoms with Crippen LogP contribution in [0.3, 0.4) is 0 Å². The molecule has 1 unspecified atom stereocenters. The van der Waals surface area contributed by atoms with Gasteiger partial charge in [-0.15, -0.1) is 0 Å². The van der Waals surface area contributed by atoms with E-state index in [1.54, 1.807) is 13.0 Å². The van der Waals surface area contributed by atoms with Crippen LogP contribution in [0, 0.1) is 12.7 Å². The highest BCUT2D eigenvalue weighted by molar-refractivity contribution is 5.25. The monoisotopic (exact) mass is 226 g/mol. The van der Waals surface area contributed by atoms with Crippen molar-refractivity contribution >= 4 is 0 Å². The van der Waals surface area contributed by atoms with Crippen molar-refractivity contribution in [3.8, 4) is 0 Å². The summed E-state index contributed by atoms with van der Waals surface area (Å²) >= 11 is 0. The standard InChI is InChI=1S/C12H15FO3/c1-8-4-9(6-10(13)5-8)11(14)7-12-15-2-3-16-12/h4-6,11-12,14H,2-3,7H2,1H3. The quantitative estimate of drug-likeness (QED) is 0.855. The third-order valence-electron chi connectivity index (χ3n) is 2.56. The van der Waals surface area contributed by atoms with Gasteiger partial charge in [0.2, 0.25) is 0 Å². The number of aliphatic hydroxyl groups excluding tert-OH is 1. The Kier molecular flexibility index (Phi) is 3.53. The summed E-state index contributed by atoms with van der Waals surface area (Å²) in [4.78, 5) is 0. The lowest BCUT2D eigenvalue weighted by Gasteiger charge is -2.15. The molecule has 1 aliphatic heterocycles. The van der Waals surface area contributed by atoms with Crippen LogP contribution in [0.5, 0.6) is 0 Å². The molecule has 0 saturated carbocycles. The minimum Gasteiger partial charge on any atom is -0.388 e. The maximum absolute atomic E-state index is 13.1. The third-order valence-corrected chi connectivity index (χ3v) is 2.56. The van der Waals surface area contributed by atoms with Crippen LogP contribution < -0.4 is 0 Å². The summed E-state index contributed by atoms with van der Waals surface area (Å²) in [7, 11) is 0. The summed E-state index contributed by atoms with van der Waals surface area (Å²) in [6.07, 6.45) is -0.792. The molecule has 0 bridgehead atoms. The van der Waals surface area contributed by atoms with E-state index in [4.69, 9.17) is 9.47 Å². The molecular formula is C12H15FO3. The number of ether oxygens (including phenoxy) is 2. The number of rotatable bonds is 3. The zero-order valence-electron chi connectivity index (χ0n) is 9.15. The Balaban J connectivity index is 2.04. The highest BCUT2D eigenvalue weighted by Crippen LogP contribution is 2.23. The third kappa shape index (κ3) is 2.78. The first kappa shape index (κ1) is 11.5. The van der Waals surface area contributed by atoms with Gasteiger partial charge in [0.25, 0.3) is 0 Å². The molecule has 0 aliphatic carbocycles. The Morgan fingerprint density at radius 3 is 2.69 bits per heavy atom. The molecule has 1 aliphatic rings. The van der Waals surface area contributed by atoms with Crippen LogP contribution in [0.15, 0.2) is 18.2 Å². The number of hydrogen-bond acceptors (Lipinski definition) is 3. The van der Waals surface area contributed by atoms with Crippen molar-refractivity contribution in [2.75, 3.05) is 13.2 Å². The van der Waals surface area contributed by atoms with E-state index in [9.17, 15) is 9.50 Å². The molecule has 0 amide bonds. The van der Waals surface area contributed by atoms with Crippen LogP contribution in [-0.4, -0.2) is 24.6 Å². The second kappa shape index (κ2) is 4.91. The Hall–Kier alpha value is -0.970. The summed E-state index contributed by atoms with van der Waals surface area (Å²) in [6.45, 7) is 2.90. The van der Waals surface area contributed by atoms with Gasteiger partial charge < -0.3 is 14.6 Å². The van der Waals surface area contributed by atoms with Gasteiger partial charge in [-0.1, -0.05) is 6.07 Å². The molecule has 0 radical (unpaired) electrons.